The van der Waals surface area contributed by atoms with Crippen LogP contribution < -0.4 is 15.0 Å². The van der Waals surface area contributed by atoms with Crippen molar-refractivity contribution in [3.63, 3.8) is 0 Å². The lowest BCUT2D eigenvalue weighted by molar-refractivity contribution is 0.355. The van der Waals surface area contributed by atoms with Crippen LogP contribution in [0.5, 0.6) is 11.5 Å². The number of methoxy groups -OCH3 is 2. The molecule has 1 heterocycles. The number of hydrogen-bond acceptors (Lipinski definition) is 5. The van der Waals surface area contributed by atoms with Gasteiger partial charge in [0.25, 0.3) is 5.56 Å². The average molecular weight is 438 g/mol. The van der Waals surface area contributed by atoms with Gasteiger partial charge in [-0.3, -0.25) is 4.79 Å². The van der Waals surface area contributed by atoms with E-state index in [2.05, 4.69) is 10.1 Å². The highest BCUT2D eigenvalue weighted by Crippen LogP contribution is 2.32. The van der Waals surface area contributed by atoms with Crippen LogP contribution in [0.1, 0.15) is 5.56 Å². The molecule has 0 atom stereocenters. The minimum atomic E-state index is -0.371. The van der Waals surface area contributed by atoms with Crippen LogP contribution >= 0.6 is 11.6 Å². The van der Waals surface area contributed by atoms with E-state index in [1.165, 1.54) is 37.2 Å². The van der Waals surface area contributed by atoms with Crippen molar-refractivity contribution in [1.82, 2.24) is 9.66 Å². The molecule has 0 unspecified atom stereocenters. The summed E-state index contributed by atoms with van der Waals surface area (Å²) < 4.78 is 25.1. The van der Waals surface area contributed by atoms with Gasteiger partial charge in [0.2, 0.25) is 0 Å². The first-order valence-corrected chi connectivity index (χ1v) is 9.62. The molecule has 31 heavy (non-hydrogen) atoms. The molecule has 0 radical (unpaired) electrons. The Labute approximate surface area is 182 Å². The molecule has 6 nitrogen and oxygen atoms in total. The van der Waals surface area contributed by atoms with E-state index >= 15 is 0 Å². The summed E-state index contributed by atoms with van der Waals surface area (Å²) in [6, 6.07) is 15.8. The molecular weight excluding hydrogens is 421 g/mol. The van der Waals surface area contributed by atoms with Gasteiger partial charge in [-0.1, -0.05) is 23.7 Å². The van der Waals surface area contributed by atoms with Gasteiger partial charge in [-0.25, -0.2) is 9.37 Å². The van der Waals surface area contributed by atoms with Crippen LogP contribution in [0, 0.1) is 5.82 Å². The highest BCUT2D eigenvalue weighted by Gasteiger charge is 2.15. The molecule has 0 saturated carbocycles. The first-order valence-electron chi connectivity index (χ1n) is 9.25. The van der Waals surface area contributed by atoms with Crippen molar-refractivity contribution in [1.29, 1.82) is 0 Å². The smallest absolute Gasteiger partial charge is 0.282 e. The van der Waals surface area contributed by atoms with E-state index in [1.54, 1.807) is 48.5 Å². The normalized spacial score (nSPS) is 11.2. The Hall–Kier alpha value is -3.71. The Balaban J connectivity index is 1.95. The molecule has 3 aromatic carbocycles. The predicted molar refractivity (Wildman–Crippen MR) is 119 cm³/mol. The Morgan fingerprint density at radius 1 is 1.00 bits per heavy atom. The molecule has 0 bridgehead atoms. The largest absolute Gasteiger partial charge is 0.493 e. The van der Waals surface area contributed by atoms with Crippen LogP contribution in [-0.4, -0.2) is 30.1 Å². The van der Waals surface area contributed by atoms with E-state index < -0.39 is 0 Å². The van der Waals surface area contributed by atoms with E-state index in [4.69, 9.17) is 21.1 Å². The molecule has 4 rings (SSSR count). The third-order valence-electron chi connectivity index (χ3n) is 4.64. The maximum atomic E-state index is 13.2. The summed E-state index contributed by atoms with van der Waals surface area (Å²) in [4.78, 5) is 17.9. The van der Waals surface area contributed by atoms with Crippen LogP contribution in [0.4, 0.5) is 4.39 Å². The van der Waals surface area contributed by atoms with E-state index in [-0.39, 0.29) is 11.4 Å². The molecule has 0 aliphatic rings. The minimum absolute atomic E-state index is 0.291. The monoisotopic (exact) mass is 437 g/mol. The van der Waals surface area contributed by atoms with E-state index in [9.17, 15) is 9.18 Å². The lowest BCUT2D eigenvalue weighted by Gasteiger charge is -2.12. The van der Waals surface area contributed by atoms with Crippen LogP contribution in [0.3, 0.4) is 0 Å². The van der Waals surface area contributed by atoms with Crippen molar-refractivity contribution in [3.05, 3.63) is 87.4 Å². The number of hydrogen-bond donors (Lipinski definition) is 0. The lowest BCUT2D eigenvalue weighted by atomic mass is 10.1. The second kappa shape index (κ2) is 8.57. The third-order valence-corrected chi connectivity index (χ3v) is 4.88. The van der Waals surface area contributed by atoms with Gasteiger partial charge >= 0.3 is 0 Å². The van der Waals surface area contributed by atoms with Crippen LogP contribution in [0.25, 0.3) is 22.3 Å². The molecule has 156 valence electrons. The fourth-order valence-electron chi connectivity index (χ4n) is 3.09. The fourth-order valence-corrected chi connectivity index (χ4v) is 3.26. The van der Waals surface area contributed by atoms with Gasteiger partial charge < -0.3 is 9.47 Å². The zero-order valence-electron chi connectivity index (χ0n) is 16.7. The lowest BCUT2D eigenvalue weighted by Crippen LogP contribution is -2.20. The number of halogens is 2. The second-order valence-electron chi connectivity index (χ2n) is 6.58. The fraction of sp³-hybridized carbons (Fsp3) is 0.0870. The maximum Gasteiger partial charge on any atom is 0.282 e. The Kier molecular flexibility index (Phi) is 5.68. The van der Waals surface area contributed by atoms with E-state index in [0.717, 1.165) is 0 Å². The summed E-state index contributed by atoms with van der Waals surface area (Å²) >= 11 is 6.10. The van der Waals surface area contributed by atoms with Crippen molar-refractivity contribution in [2.24, 2.45) is 5.10 Å². The van der Waals surface area contributed by atoms with Gasteiger partial charge in [0.05, 0.1) is 31.3 Å². The molecule has 0 aliphatic carbocycles. The number of aromatic nitrogens is 2. The first kappa shape index (κ1) is 20.6. The summed E-state index contributed by atoms with van der Waals surface area (Å²) in [5.41, 5.74) is 1.29. The van der Waals surface area contributed by atoms with Gasteiger partial charge in [0, 0.05) is 10.6 Å². The maximum absolute atomic E-state index is 13.2. The molecule has 8 heteroatoms. The number of ether oxygens (including phenoxy) is 2. The number of fused-ring (bicyclic) bond motifs is 1. The van der Waals surface area contributed by atoms with Gasteiger partial charge in [-0.2, -0.15) is 9.78 Å². The molecule has 0 fully saturated rings. The highest BCUT2D eigenvalue weighted by molar-refractivity contribution is 6.31. The zero-order chi connectivity index (χ0) is 22.0. The SMILES string of the molecule is COc1ccc(-c2nc3cc(Cl)ccc3c(=O)n2N=Cc2ccc(F)cc2)cc1OC. The van der Waals surface area contributed by atoms with E-state index in [1.807, 2.05) is 0 Å². The molecular formula is C23H17ClFN3O3. The van der Waals surface area contributed by atoms with E-state index in [0.29, 0.717) is 44.4 Å². The molecule has 1 aromatic heterocycles. The van der Waals surface area contributed by atoms with Gasteiger partial charge in [0.15, 0.2) is 17.3 Å². The van der Waals surface area contributed by atoms with Crippen molar-refractivity contribution in [3.8, 4) is 22.9 Å². The van der Waals surface area contributed by atoms with Gasteiger partial charge in [-0.05, 0) is 54.1 Å². The predicted octanol–water partition coefficient (Wildman–Crippen LogP) is 4.76. The van der Waals surface area contributed by atoms with Crippen molar-refractivity contribution in [2.45, 2.75) is 0 Å². The standard InChI is InChI=1S/C23H17ClFN3O3/c1-30-20-10-5-15(11-21(20)31-2)22-27-19-12-16(24)6-9-18(19)23(29)28(22)26-13-14-3-7-17(25)8-4-14/h3-13H,1-2H3. The number of nitrogens with zero attached hydrogens (tertiary/aromatic N) is 3. The Bertz CT molecular complexity index is 1350. The van der Waals surface area contributed by atoms with Gasteiger partial charge in [0.1, 0.15) is 5.82 Å². The first-order chi connectivity index (χ1) is 15.0. The quantitative estimate of drug-likeness (QED) is 0.422. The summed E-state index contributed by atoms with van der Waals surface area (Å²) in [6.45, 7) is 0. The second-order valence-corrected chi connectivity index (χ2v) is 7.02. The van der Waals surface area contributed by atoms with Crippen molar-refractivity contribution >= 4 is 28.7 Å². The summed E-state index contributed by atoms with van der Waals surface area (Å²) in [7, 11) is 3.06. The van der Waals surface area contributed by atoms with Crippen molar-refractivity contribution in [2.75, 3.05) is 14.2 Å². The molecule has 0 saturated heterocycles. The number of rotatable bonds is 5. The molecule has 0 aliphatic heterocycles. The Morgan fingerprint density at radius 2 is 1.74 bits per heavy atom. The van der Waals surface area contributed by atoms with Gasteiger partial charge in [-0.15, -0.1) is 0 Å². The summed E-state index contributed by atoms with van der Waals surface area (Å²) in [5, 5.41) is 5.17. The zero-order valence-corrected chi connectivity index (χ0v) is 17.4. The number of benzene rings is 3. The average Bonchev–Trinajstić information content (AvgIpc) is 2.78. The summed E-state index contributed by atoms with van der Waals surface area (Å²) in [6.07, 6.45) is 1.47. The molecule has 4 aromatic rings. The summed E-state index contributed by atoms with van der Waals surface area (Å²) in [5.74, 6) is 0.956. The topological polar surface area (TPSA) is 65.7 Å². The van der Waals surface area contributed by atoms with Crippen LogP contribution in [0.2, 0.25) is 5.02 Å². The van der Waals surface area contributed by atoms with Crippen LogP contribution in [0.15, 0.2) is 70.6 Å². The molecule has 0 spiro atoms. The molecule has 0 N–H and O–H groups in total. The molecule has 0 amide bonds. The highest BCUT2D eigenvalue weighted by atomic mass is 35.5. The third kappa shape index (κ3) is 4.13. The van der Waals surface area contributed by atoms with Crippen molar-refractivity contribution < 1.29 is 13.9 Å². The minimum Gasteiger partial charge on any atom is -0.493 e. The Morgan fingerprint density at radius 3 is 2.45 bits per heavy atom. The van der Waals surface area contributed by atoms with Crippen LogP contribution in [-0.2, 0) is 0 Å².